The van der Waals surface area contributed by atoms with Crippen LogP contribution in [0.4, 0.5) is 8.78 Å². The van der Waals surface area contributed by atoms with E-state index in [-0.39, 0.29) is 11.6 Å². The summed E-state index contributed by atoms with van der Waals surface area (Å²) in [6.07, 6.45) is 1.98. The molecule has 98 valence electrons. The Morgan fingerprint density at radius 1 is 1.47 bits per heavy atom. The molecule has 0 spiro atoms. The maximum atomic E-state index is 12.4. The van der Waals surface area contributed by atoms with Gasteiger partial charge >= 0.3 is 0 Å². The minimum absolute atomic E-state index is 0.00495. The summed E-state index contributed by atoms with van der Waals surface area (Å²) in [5.41, 5.74) is 0.886. The zero-order valence-electron chi connectivity index (χ0n) is 10.6. The van der Waals surface area contributed by atoms with E-state index in [2.05, 4.69) is 4.90 Å². The fourth-order valence-corrected chi connectivity index (χ4v) is 2.99. The van der Waals surface area contributed by atoms with Crippen LogP contribution in [0.25, 0.3) is 0 Å². The van der Waals surface area contributed by atoms with E-state index < -0.39 is 6.43 Å². The summed E-state index contributed by atoms with van der Waals surface area (Å²) in [6.45, 7) is 6.42. The molecule has 0 saturated carbocycles. The van der Waals surface area contributed by atoms with Crippen molar-refractivity contribution in [3.63, 3.8) is 0 Å². The van der Waals surface area contributed by atoms with Crippen molar-refractivity contribution in [1.29, 1.82) is 0 Å². The molecule has 0 bridgehead atoms. The monoisotopic (exact) mass is 245 g/mol. The Bertz CT molecular complexity index is 304. The van der Waals surface area contributed by atoms with Crippen LogP contribution in [0.1, 0.15) is 33.1 Å². The van der Waals surface area contributed by atoms with Gasteiger partial charge in [-0.15, -0.1) is 0 Å². The molecule has 2 heterocycles. The van der Waals surface area contributed by atoms with Crippen LogP contribution < -0.4 is 0 Å². The first-order chi connectivity index (χ1) is 8.02. The molecule has 1 atom stereocenters. The van der Waals surface area contributed by atoms with E-state index in [1.807, 2.05) is 13.8 Å². The van der Waals surface area contributed by atoms with Crippen molar-refractivity contribution in [2.75, 3.05) is 19.7 Å². The van der Waals surface area contributed by atoms with Gasteiger partial charge in [-0.1, -0.05) is 5.57 Å². The molecule has 0 radical (unpaired) electrons. The molecule has 0 N–H and O–H groups in total. The van der Waals surface area contributed by atoms with Crippen molar-refractivity contribution >= 4 is 0 Å². The van der Waals surface area contributed by atoms with Crippen LogP contribution in [0.3, 0.4) is 0 Å². The Labute approximate surface area is 102 Å². The number of nitrogens with zero attached hydrogens (tertiary/aromatic N) is 1. The lowest BCUT2D eigenvalue weighted by molar-refractivity contribution is 0.00328. The van der Waals surface area contributed by atoms with E-state index in [1.54, 1.807) is 0 Å². The number of rotatable bonds is 4. The van der Waals surface area contributed by atoms with Gasteiger partial charge in [0.25, 0.3) is 6.43 Å². The molecule has 2 rings (SSSR count). The first kappa shape index (κ1) is 13.0. The molecule has 4 heteroatoms. The summed E-state index contributed by atoms with van der Waals surface area (Å²) in [7, 11) is 0. The molecule has 1 unspecified atom stereocenters. The van der Waals surface area contributed by atoms with Gasteiger partial charge in [0.1, 0.15) is 0 Å². The molecule has 17 heavy (non-hydrogen) atoms. The smallest absolute Gasteiger partial charge is 0.257 e. The lowest BCUT2D eigenvalue weighted by atomic mass is 9.93. The second-order valence-corrected chi connectivity index (χ2v) is 5.45. The molecule has 0 aromatic carbocycles. The van der Waals surface area contributed by atoms with Gasteiger partial charge < -0.3 is 4.74 Å². The molecule has 0 aromatic rings. The Morgan fingerprint density at radius 2 is 2.24 bits per heavy atom. The highest BCUT2D eigenvalue weighted by molar-refractivity contribution is 5.21. The third kappa shape index (κ3) is 2.86. The summed E-state index contributed by atoms with van der Waals surface area (Å²) < 4.78 is 30.5. The maximum Gasteiger partial charge on any atom is 0.257 e. The third-order valence-electron chi connectivity index (χ3n) is 3.74. The number of hydrogen-bond donors (Lipinski definition) is 0. The van der Waals surface area contributed by atoms with E-state index in [9.17, 15) is 8.78 Å². The van der Waals surface area contributed by atoms with E-state index >= 15 is 0 Å². The van der Waals surface area contributed by atoms with Gasteiger partial charge in [0.2, 0.25) is 0 Å². The second kappa shape index (κ2) is 5.02. The van der Waals surface area contributed by atoms with Crippen molar-refractivity contribution in [3.05, 3.63) is 11.6 Å². The van der Waals surface area contributed by atoms with E-state index in [0.717, 1.165) is 37.5 Å². The first-order valence-electron chi connectivity index (χ1n) is 6.36. The van der Waals surface area contributed by atoms with Gasteiger partial charge in [0, 0.05) is 12.1 Å². The minimum Gasteiger partial charge on any atom is -0.377 e. The topological polar surface area (TPSA) is 12.5 Å². The molecule has 2 nitrogen and oxygen atoms in total. The number of allylic oxidation sites excluding steroid dienone is 1. The Hall–Kier alpha value is -0.480. The molecule has 0 aliphatic carbocycles. The fraction of sp³-hybridized carbons (Fsp3) is 0.846. The number of ether oxygens (including phenoxy) is 1. The van der Waals surface area contributed by atoms with Crippen LogP contribution in [0, 0.1) is 0 Å². The van der Waals surface area contributed by atoms with Crippen LogP contribution >= 0.6 is 0 Å². The Morgan fingerprint density at radius 3 is 2.88 bits per heavy atom. The average molecular weight is 245 g/mol. The molecule has 0 aromatic heterocycles. The summed E-state index contributed by atoms with van der Waals surface area (Å²) in [6, 6.07) is 0. The molecule has 0 amide bonds. The number of hydrogen-bond acceptors (Lipinski definition) is 2. The van der Waals surface area contributed by atoms with Gasteiger partial charge in [-0.3, -0.25) is 4.90 Å². The average Bonchev–Trinajstić information content (AvgIpc) is 2.70. The van der Waals surface area contributed by atoms with Crippen molar-refractivity contribution < 1.29 is 13.5 Å². The number of halogens is 2. The third-order valence-corrected chi connectivity index (χ3v) is 3.74. The van der Waals surface area contributed by atoms with Crippen molar-refractivity contribution in [2.45, 2.75) is 51.2 Å². The molecule has 2 aliphatic heterocycles. The van der Waals surface area contributed by atoms with Crippen molar-refractivity contribution in [2.24, 2.45) is 0 Å². The minimum atomic E-state index is -2.33. The molecule has 2 fully saturated rings. The number of alkyl halides is 2. The number of fused-ring (bicyclic) bond motifs is 1. The van der Waals surface area contributed by atoms with Gasteiger partial charge in [-0.05, 0) is 45.7 Å². The normalized spacial score (nSPS) is 32.0. The van der Waals surface area contributed by atoms with E-state index in [0.29, 0.717) is 13.2 Å². The quantitative estimate of drug-likeness (QED) is 0.706. The van der Waals surface area contributed by atoms with Gasteiger partial charge in [-0.25, -0.2) is 8.78 Å². The van der Waals surface area contributed by atoms with Crippen LogP contribution in [0.15, 0.2) is 11.6 Å². The van der Waals surface area contributed by atoms with E-state index in [4.69, 9.17) is 4.74 Å². The van der Waals surface area contributed by atoms with Crippen molar-refractivity contribution in [1.82, 2.24) is 4.90 Å². The zero-order chi connectivity index (χ0) is 12.5. The Balaban J connectivity index is 2.04. The summed E-state index contributed by atoms with van der Waals surface area (Å²) in [5, 5.41) is 0. The standard InChI is InChI=1S/C13H21F2NO/c1-10(2)17-9-13-4-3-5-16(13)8-11(7-13)6-12(14)15/h6,10,12H,3-5,7-9H2,1-2H3/b11-6-. The predicted molar refractivity (Wildman–Crippen MR) is 63.3 cm³/mol. The highest BCUT2D eigenvalue weighted by atomic mass is 19.3. The Kier molecular flexibility index (Phi) is 3.83. The second-order valence-electron chi connectivity index (χ2n) is 5.45. The lowest BCUT2D eigenvalue weighted by Crippen LogP contribution is -2.43. The summed E-state index contributed by atoms with van der Waals surface area (Å²) >= 11 is 0. The highest BCUT2D eigenvalue weighted by Crippen LogP contribution is 2.41. The van der Waals surface area contributed by atoms with Gasteiger partial charge in [0.05, 0.1) is 12.7 Å². The fourth-order valence-electron chi connectivity index (χ4n) is 2.99. The van der Waals surface area contributed by atoms with Crippen LogP contribution in [-0.4, -0.2) is 42.7 Å². The van der Waals surface area contributed by atoms with Crippen molar-refractivity contribution in [3.8, 4) is 0 Å². The maximum absolute atomic E-state index is 12.4. The van der Waals surface area contributed by atoms with Crippen LogP contribution in [-0.2, 0) is 4.74 Å². The zero-order valence-corrected chi connectivity index (χ0v) is 10.6. The first-order valence-corrected chi connectivity index (χ1v) is 6.36. The molecular weight excluding hydrogens is 224 g/mol. The summed E-state index contributed by atoms with van der Waals surface area (Å²) in [5.74, 6) is 0. The SMILES string of the molecule is CC(C)OCC12CCCN1C/C(=C\C(F)F)C2. The van der Waals surface area contributed by atoms with E-state index in [1.165, 1.54) is 0 Å². The van der Waals surface area contributed by atoms with Gasteiger partial charge in [0.15, 0.2) is 0 Å². The molecule has 2 saturated heterocycles. The summed E-state index contributed by atoms with van der Waals surface area (Å²) in [4.78, 5) is 2.32. The van der Waals surface area contributed by atoms with Gasteiger partial charge in [-0.2, -0.15) is 0 Å². The molecule has 2 aliphatic rings. The van der Waals surface area contributed by atoms with Crippen LogP contribution in [0.5, 0.6) is 0 Å². The molecular formula is C13H21F2NO. The predicted octanol–water partition coefficient (Wildman–Crippen LogP) is 2.84. The largest absolute Gasteiger partial charge is 0.377 e. The van der Waals surface area contributed by atoms with Crippen LogP contribution in [0.2, 0.25) is 0 Å². The lowest BCUT2D eigenvalue weighted by Gasteiger charge is -2.32. The highest BCUT2D eigenvalue weighted by Gasteiger charge is 2.46.